The molecule has 1 fully saturated rings. The number of aromatic nitrogens is 3. The maximum Gasteiger partial charge on any atom is 0.573 e. The maximum atomic E-state index is 12.7. The molecule has 1 unspecified atom stereocenters. The van der Waals surface area contributed by atoms with Gasteiger partial charge in [-0.15, -0.1) is 18.3 Å². The van der Waals surface area contributed by atoms with Gasteiger partial charge in [0.25, 0.3) is 0 Å². The molecular weight excluding hydrogens is 579 g/mol. The molecule has 5 rings (SSSR count). The van der Waals surface area contributed by atoms with Crippen molar-refractivity contribution in [1.82, 2.24) is 20.1 Å². The minimum Gasteiger partial charge on any atom is -0.406 e. The molecule has 1 atom stereocenters. The van der Waals surface area contributed by atoms with Gasteiger partial charge in [-0.2, -0.15) is 10.3 Å². The number of ether oxygens (including phenoxy) is 1. The predicted molar refractivity (Wildman–Crippen MR) is 158 cm³/mol. The van der Waals surface area contributed by atoms with Gasteiger partial charge in [0.15, 0.2) is 11.0 Å². The summed E-state index contributed by atoms with van der Waals surface area (Å²) in [6.07, 6.45) is -2.45. The number of carbonyl (C=O) groups is 1. The first kappa shape index (κ1) is 29.7. The summed E-state index contributed by atoms with van der Waals surface area (Å²) in [7, 11) is 0. The van der Waals surface area contributed by atoms with Gasteiger partial charge in [0, 0.05) is 30.1 Å². The third-order valence-electron chi connectivity index (χ3n) is 6.65. The number of rotatable bonds is 8. The number of halogens is 3. The van der Waals surface area contributed by atoms with Gasteiger partial charge in [-0.25, -0.2) is 14.5 Å². The largest absolute Gasteiger partial charge is 0.573 e. The van der Waals surface area contributed by atoms with Crippen LogP contribution in [0.2, 0.25) is 0 Å². The van der Waals surface area contributed by atoms with E-state index in [0.29, 0.717) is 27.8 Å². The average Bonchev–Trinajstić information content (AvgIpc) is 3.68. The third-order valence-corrected chi connectivity index (χ3v) is 7.61. The van der Waals surface area contributed by atoms with Crippen LogP contribution in [0.15, 0.2) is 84.1 Å². The van der Waals surface area contributed by atoms with E-state index in [0.717, 1.165) is 24.4 Å². The van der Waals surface area contributed by atoms with E-state index in [1.54, 1.807) is 24.3 Å². The molecule has 2 amide bonds. The first-order valence-corrected chi connectivity index (χ1v) is 14.3. The van der Waals surface area contributed by atoms with Crippen LogP contribution in [-0.2, 0) is 6.42 Å². The zero-order valence-electron chi connectivity index (χ0n) is 23.0. The third kappa shape index (κ3) is 7.34. The second kappa shape index (κ2) is 13.0. The first-order chi connectivity index (χ1) is 20.7. The highest BCUT2D eigenvalue weighted by Crippen LogP contribution is 2.29. The Balaban J connectivity index is 1.20. The Labute approximate surface area is 250 Å². The molecule has 1 N–H and O–H groups in total. The van der Waals surface area contributed by atoms with Crippen LogP contribution in [0.25, 0.3) is 17.1 Å². The van der Waals surface area contributed by atoms with E-state index in [1.165, 1.54) is 52.6 Å². The van der Waals surface area contributed by atoms with Crippen molar-refractivity contribution in [3.8, 4) is 28.9 Å². The minimum atomic E-state index is -4.77. The van der Waals surface area contributed by atoms with Crippen LogP contribution in [0.1, 0.15) is 24.0 Å². The summed E-state index contributed by atoms with van der Waals surface area (Å²) < 4.78 is 42.5. The number of amides is 2. The molecule has 0 aliphatic carbocycles. The van der Waals surface area contributed by atoms with Crippen molar-refractivity contribution in [3.05, 3.63) is 90.3 Å². The monoisotopic (exact) mass is 605 g/mol. The lowest BCUT2D eigenvalue weighted by Gasteiger charge is -2.21. The van der Waals surface area contributed by atoms with Crippen LogP contribution < -0.4 is 15.0 Å². The van der Waals surface area contributed by atoms with Gasteiger partial charge in [0.2, 0.25) is 0 Å². The number of anilines is 1. The number of thioether (sulfide) groups is 1. The topological polar surface area (TPSA) is 108 Å². The van der Waals surface area contributed by atoms with Crippen LogP contribution >= 0.6 is 11.8 Å². The van der Waals surface area contributed by atoms with E-state index in [4.69, 9.17) is 0 Å². The molecule has 3 aromatic carbocycles. The van der Waals surface area contributed by atoms with E-state index in [9.17, 15) is 23.2 Å². The number of aryl methyl sites for hydroxylation is 1. The Morgan fingerprint density at radius 2 is 1.88 bits per heavy atom. The second-order valence-corrected chi connectivity index (χ2v) is 10.5. The molecule has 0 spiro atoms. The summed E-state index contributed by atoms with van der Waals surface area (Å²) in [5.74, 6) is 0.283. The van der Waals surface area contributed by atoms with Crippen LogP contribution in [0.4, 0.5) is 23.7 Å². The van der Waals surface area contributed by atoms with Crippen molar-refractivity contribution >= 4 is 28.6 Å². The smallest absolute Gasteiger partial charge is 0.406 e. The Hall–Kier alpha value is -4.83. The normalized spacial score (nSPS) is 14.9. The molecule has 0 radical (unpaired) electrons. The zero-order valence-corrected chi connectivity index (χ0v) is 23.8. The van der Waals surface area contributed by atoms with Gasteiger partial charge in [-0.1, -0.05) is 61.2 Å². The number of para-hydroxylation sites is 1. The standard InChI is InChI=1S/C30H26F3N7O2S/c1-2-20-5-3-4-6-26(20)39-15-16-43-29(39)37-28(41)35-18-23(17-34)21-7-9-22(10-8-21)27-36-19-40(38-27)24-11-13-25(14-12-24)42-30(31,32)33/h3-14,19,23H,2,15-16,18H2,1H3,(H,35,41). The van der Waals surface area contributed by atoms with Crippen molar-refractivity contribution in [2.45, 2.75) is 25.6 Å². The number of nitrogens with zero attached hydrogens (tertiary/aromatic N) is 6. The molecule has 2 heterocycles. The molecule has 1 aromatic heterocycles. The number of alkyl halides is 3. The van der Waals surface area contributed by atoms with Crippen molar-refractivity contribution in [1.29, 1.82) is 5.26 Å². The summed E-state index contributed by atoms with van der Waals surface area (Å²) in [5.41, 5.74) is 4.11. The fraction of sp³-hybridized carbons (Fsp3) is 0.233. The van der Waals surface area contributed by atoms with E-state index in [2.05, 4.69) is 49.1 Å². The van der Waals surface area contributed by atoms with Gasteiger partial charge < -0.3 is 15.0 Å². The summed E-state index contributed by atoms with van der Waals surface area (Å²) in [6.45, 7) is 2.94. The molecule has 43 heavy (non-hydrogen) atoms. The van der Waals surface area contributed by atoms with Gasteiger partial charge in [-0.05, 0) is 47.9 Å². The lowest BCUT2D eigenvalue weighted by Crippen LogP contribution is -2.30. The van der Waals surface area contributed by atoms with Crippen molar-refractivity contribution < 1.29 is 22.7 Å². The maximum absolute atomic E-state index is 12.7. The number of nitrogens with one attached hydrogen (secondary N) is 1. The Morgan fingerprint density at radius 1 is 1.14 bits per heavy atom. The second-order valence-electron chi connectivity index (χ2n) is 9.42. The first-order valence-electron chi connectivity index (χ1n) is 13.4. The molecule has 1 aliphatic heterocycles. The number of benzene rings is 3. The summed E-state index contributed by atoms with van der Waals surface area (Å²) in [4.78, 5) is 23.3. The molecule has 4 aromatic rings. The molecule has 220 valence electrons. The highest BCUT2D eigenvalue weighted by Gasteiger charge is 2.31. The lowest BCUT2D eigenvalue weighted by atomic mass is 9.99. The summed E-state index contributed by atoms with van der Waals surface area (Å²) >= 11 is 1.52. The molecule has 0 bridgehead atoms. The highest BCUT2D eigenvalue weighted by atomic mass is 32.2. The number of nitriles is 1. The molecule has 0 saturated carbocycles. The van der Waals surface area contributed by atoms with Crippen molar-refractivity contribution in [2.24, 2.45) is 4.99 Å². The fourth-order valence-electron chi connectivity index (χ4n) is 4.53. The SMILES string of the molecule is CCc1ccccc1N1CCSC1=NC(=O)NCC(C#N)c1ccc(-c2ncn(-c3ccc(OC(F)(F)F)cc3)n2)cc1. The van der Waals surface area contributed by atoms with E-state index in [-0.39, 0.29) is 12.3 Å². The number of hydrogen-bond donors (Lipinski definition) is 1. The Bertz CT molecular complexity index is 1650. The fourth-order valence-corrected chi connectivity index (χ4v) is 5.48. The predicted octanol–water partition coefficient (Wildman–Crippen LogP) is 6.32. The van der Waals surface area contributed by atoms with E-state index < -0.39 is 18.3 Å². The number of hydrogen-bond acceptors (Lipinski definition) is 6. The van der Waals surface area contributed by atoms with Crippen LogP contribution in [0.3, 0.4) is 0 Å². The molecule has 1 saturated heterocycles. The number of carbonyl (C=O) groups excluding carboxylic acids is 1. The van der Waals surface area contributed by atoms with Crippen LogP contribution in [0.5, 0.6) is 5.75 Å². The Morgan fingerprint density at radius 3 is 2.58 bits per heavy atom. The molecule has 1 aliphatic rings. The van der Waals surface area contributed by atoms with Gasteiger partial charge >= 0.3 is 12.4 Å². The zero-order chi connectivity index (χ0) is 30.4. The average molecular weight is 606 g/mol. The summed E-state index contributed by atoms with van der Waals surface area (Å²) in [5, 5.41) is 17.6. The minimum absolute atomic E-state index is 0.0859. The van der Waals surface area contributed by atoms with Crippen LogP contribution in [-0.4, -0.2) is 51.2 Å². The van der Waals surface area contributed by atoms with E-state index in [1.807, 2.05) is 18.2 Å². The highest BCUT2D eigenvalue weighted by molar-refractivity contribution is 8.14. The van der Waals surface area contributed by atoms with Crippen molar-refractivity contribution in [2.75, 3.05) is 23.7 Å². The van der Waals surface area contributed by atoms with Gasteiger partial charge in [-0.3, -0.25) is 0 Å². The van der Waals surface area contributed by atoms with Crippen LogP contribution in [0, 0.1) is 11.3 Å². The lowest BCUT2D eigenvalue weighted by molar-refractivity contribution is -0.274. The summed E-state index contributed by atoms with van der Waals surface area (Å²) in [6, 6.07) is 22.1. The van der Waals surface area contributed by atoms with Gasteiger partial charge in [0.1, 0.15) is 12.1 Å². The number of amidine groups is 1. The molecule has 13 heteroatoms. The number of aliphatic imine (C=N–C) groups is 1. The van der Waals surface area contributed by atoms with E-state index >= 15 is 0 Å². The van der Waals surface area contributed by atoms with Gasteiger partial charge in [0.05, 0.1) is 17.7 Å². The Kier molecular flexibility index (Phi) is 8.96. The molecular formula is C30H26F3N7O2S. The molecule has 9 nitrogen and oxygen atoms in total. The van der Waals surface area contributed by atoms with Crippen molar-refractivity contribution in [3.63, 3.8) is 0 Å². The number of urea groups is 1. The quantitative estimate of drug-likeness (QED) is 0.250.